The quantitative estimate of drug-likeness (QED) is 0.688. The van der Waals surface area contributed by atoms with Crippen molar-refractivity contribution in [3.8, 4) is 11.5 Å². The molecule has 110 valence electrons. The van der Waals surface area contributed by atoms with Crippen LogP contribution in [-0.2, 0) is 0 Å². The predicted octanol–water partition coefficient (Wildman–Crippen LogP) is 3.82. The molecule has 0 atom stereocenters. The van der Waals surface area contributed by atoms with E-state index >= 15 is 0 Å². The third-order valence-electron chi connectivity index (χ3n) is 3.67. The lowest BCUT2D eigenvalue weighted by atomic mass is 10.1. The molecule has 1 N–H and O–H groups in total. The number of pyridine rings is 1. The number of nitro groups is 1. The molecule has 7 heteroatoms. The number of phenolic OH excluding ortho intramolecular Hbond substituents is 1. The Morgan fingerprint density at radius 1 is 1.43 bits per heavy atom. The van der Waals surface area contributed by atoms with Crippen molar-refractivity contribution in [1.29, 1.82) is 0 Å². The van der Waals surface area contributed by atoms with Gasteiger partial charge in [0.2, 0.25) is 5.75 Å². The Morgan fingerprint density at radius 2 is 2.14 bits per heavy atom. The Balaban J connectivity index is 2.14. The van der Waals surface area contributed by atoms with Gasteiger partial charge in [0.1, 0.15) is 11.3 Å². The van der Waals surface area contributed by atoms with E-state index in [1.54, 1.807) is 6.07 Å². The summed E-state index contributed by atoms with van der Waals surface area (Å²) in [6, 6.07) is 2.79. The van der Waals surface area contributed by atoms with E-state index in [-0.39, 0.29) is 16.6 Å². The molecule has 2 aromatic rings. The average Bonchev–Trinajstić information content (AvgIpc) is 2.95. The van der Waals surface area contributed by atoms with Crippen LogP contribution in [0, 0.1) is 10.1 Å². The zero-order valence-electron chi connectivity index (χ0n) is 11.1. The summed E-state index contributed by atoms with van der Waals surface area (Å²) in [6.45, 7) is 0. The molecule has 1 fully saturated rings. The van der Waals surface area contributed by atoms with Gasteiger partial charge in [0, 0.05) is 12.3 Å². The summed E-state index contributed by atoms with van der Waals surface area (Å²) in [7, 11) is 0. The van der Waals surface area contributed by atoms with E-state index < -0.39 is 16.4 Å². The number of phenols is 1. The maximum atomic E-state index is 10.9. The summed E-state index contributed by atoms with van der Waals surface area (Å²) >= 11 is 6.13. The molecule has 1 aliphatic carbocycles. The molecule has 0 saturated heterocycles. The number of rotatable bonds is 3. The molecule has 0 unspecified atom stereocenters. The number of benzene rings is 1. The summed E-state index contributed by atoms with van der Waals surface area (Å²) in [5.41, 5.74) is -0.372. The Hall–Kier alpha value is -2.08. The van der Waals surface area contributed by atoms with Crippen LogP contribution in [0.2, 0.25) is 5.02 Å². The van der Waals surface area contributed by atoms with E-state index in [4.69, 9.17) is 16.3 Å². The molecule has 1 heterocycles. The first-order valence-electron chi connectivity index (χ1n) is 6.69. The number of halogens is 1. The molecule has 1 aliphatic rings. The minimum Gasteiger partial charge on any atom is -0.501 e. The van der Waals surface area contributed by atoms with Crippen molar-refractivity contribution < 1.29 is 14.8 Å². The fraction of sp³-hybridized carbons (Fsp3) is 0.357. The highest BCUT2D eigenvalue weighted by Crippen LogP contribution is 2.42. The molecule has 6 nitrogen and oxygen atoms in total. The summed E-state index contributed by atoms with van der Waals surface area (Å²) in [5.74, 6) is 0.0124. The SMILES string of the molecule is O=[N+]([O-])c1cc(Cl)c2c(OC3CCCC3)ccnc2c1O. The van der Waals surface area contributed by atoms with E-state index in [2.05, 4.69) is 4.98 Å². The number of aromatic hydroxyl groups is 1. The van der Waals surface area contributed by atoms with Crippen molar-refractivity contribution in [2.24, 2.45) is 0 Å². The molecule has 1 aromatic heterocycles. The van der Waals surface area contributed by atoms with Gasteiger partial charge in [0.15, 0.2) is 0 Å². The minimum atomic E-state index is -0.688. The van der Waals surface area contributed by atoms with Gasteiger partial charge in [-0.15, -0.1) is 0 Å². The lowest BCUT2D eigenvalue weighted by molar-refractivity contribution is -0.385. The second-order valence-corrected chi connectivity index (χ2v) is 5.45. The molecule has 0 bridgehead atoms. The molecule has 1 saturated carbocycles. The Kier molecular flexibility index (Phi) is 3.55. The van der Waals surface area contributed by atoms with Gasteiger partial charge in [-0.1, -0.05) is 11.6 Å². The van der Waals surface area contributed by atoms with Crippen molar-refractivity contribution in [2.75, 3.05) is 0 Å². The highest BCUT2D eigenvalue weighted by atomic mass is 35.5. The van der Waals surface area contributed by atoms with E-state index in [0.717, 1.165) is 31.7 Å². The maximum absolute atomic E-state index is 10.9. The van der Waals surface area contributed by atoms with E-state index in [1.165, 1.54) is 6.20 Å². The molecule has 3 rings (SSSR count). The fourth-order valence-electron chi connectivity index (χ4n) is 2.66. The van der Waals surface area contributed by atoms with Crippen molar-refractivity contribution in [1.82, 2.24) is 4.98 Å². The highest BCUT2D eigenvalue weighted by Gasteiger charge is 2.24. The normalized spacial score (nSPS) is 15.5. The van der Waals surface area contributed by atoms with Gasteiger partial charge in [0.05, 0.1) is 21.4 Å². The number of aromatic nitrogens is 1. The smallest absolute Gasteiger partial charge is 0.314 e. The fourth-order valence-corrected chi connectivity index (χ4v) is 2.95. The van der Waals surface area contributed by atoms with Crippen LogP contribution in [0.15, 0.2) is 18.3 Å². The first-order chi connectivity index (χ1) is 10.1. The number of nitro benzene ring substituents is 1. The van der Waals surface area contributed by atoms with Crippen LogP contribution in [0.5, 0.6) is 11.5 Å². The molecule has 1 aromatic carbocycles. The first-order valence-corrected chi connectivity index (χ1v) is 7.07. The Labute approximate surface area is 125 Å². The van der Waals surface area contributed by atoms with Gasteiger partial charge in [-0.05, 0) is 31.7 Å². The molecule has 0 amide bonds. The van der Waals surface area contributed by atoms with Crippen molar-refractivity contribution in [3.05, 3.63) is 33.5 Å². The summed E-state index contributed by atoms with van der Waals surface area (Å²) in [5, 5.41) is 21.5. The van der Waals surface area contributed by atoms with Crippen molar-refractivity contribution in [2.45, 2.75) is 31.8 Å². The standard InChI is InChI=1S/C14H13ClN2O4/c15-9-7-10(17(19)20)14(18)13-12(9)11(5-6-16-13)21-8-3-1-2-4-8/h5-8,18H,1-4H2. The number of hydrogen-bond acceptors (Lipinski definition) is 5. The third kappa shape index (κ3) is 2.47. The lowest BCUT2D eigenvalue weighted by Gasteiger charge is -2.15. The Bertz CT molecular complexity index is 714. The number of nitrogens with zero attached hydrogens (tertiary/aromatic N) is 2. The van der Waals surface area contributed by atoms with Crippen LogP contribution >= 0.6 is 11.6 Å². The van der Waals surface area contributed by atoms with Gasteiger partial charge in [-0.25, -0.2) is 0 Å². The molecule has 0 radical (unpaired) electrons. The highest BCUT2D eigenvalue weighted by molar-refractivity contribution is 6.36. The lowest BCUT2D eigenvalue weighted by Crippen LogP contribution is -2.11. The van der Waals surface area contributed by atoms with Gasteiger partial charge in [0.25, 0.3) is 0 Å². The van der Waals surface area contributed by atoms with E-state index in [1.807, 2.05) is 0 Å². The van der Waals surface area contributed by atoms with Crippen LogP contribution in [0.4, 0.5) is 5.69 Å². The molecule has 21 heavy (non-hydrogen) atoms. The topological polar surface area (TPSA) is 85.5 Å². The van der Waals surface area contributed by atoms with Crippen LogP contribution in [0.3, 0.4) is 0 Å². The van der Waals surface area contributed by atoms with Crippen LogP contribution < -0.4 is 4.74 Å². The van der Waals surface area contributed by atoms with E-state index in [9.17, 15) is 15.2 Å². The van der Waals surface area contributed by atoms with Crippen LogP contribution in [-0.4, -0.2) is 21.1 Å². The predicted molar refractivity (Wildman–Crippen MR) is 78.0 cm³/mol. The number of hydrogen-bond donors (Lipinski definition) is 1. The van der Waals surface area contributed by atoms with Gasteiger partial charge in [-0.3, -0.25) is 15.1 Å². The van der Waals surface area contributed by atoms with Crippen LogP contribution in [0.25, 0.3) is 10.9 Å². The number of ether oxygens (including phenoxy) is 1. The third-order valence-corrected chi connectivity index (χ3v) is 3.97. The molecule has 0 spiro atoms. The van der Waals surface area contributed by atoms with Crippen molar-refractivity contribution in [3.63, 3.8) is 0 Å². The second kappa shape index (κ2) is 5.37. The zero-order valence-corrected chi connectivity index (χ0v) is 11.8. The largest absolute Gasteiger partial charge is 0.501 e. The van der Waals surface area contributed by atoms with Gasteiger partial charge >= 0.3 is 5.69 Å². The van der Waals surface area contributed by atoms with E-state index in [0.29, 0.717) is 11.1 Å². The number of fused-ring (bicyclic) bond motifs is 1. The van der Waals surface area contributed by atoms with Crippen molar-refractivity contribution >= 4 is 28.2 Å². The van der Waals surface area contributed by atoms with Gasteiger partial charge < -0.3 is 9.84 Å². The second-order valence-electron chi connectivity index (χ2n) is 5.04. The summed E-state index contributed by atoms with van der Waals surface area (Å²) < 4.78 is 5.92. The molecule has 0 aliphatic heterocycles. The van der Waals surface area contributed by atoms with Crippen LogP contribution in [0.1, 0.15) is 25.7 Å². The maximum Gasteiger partial charge on any atom is 0.314 e. The molecular weight excluding hydrogens is 296 g/mol. The summed E-state index contributed by atoms with van der Waals surface area (Å²) in [6.07, 6.45) is 5.76. The monoisotopic (exact) mass is 308 g/mol. The minimum absolute atomic E-state index is 0.0877. The zero-order chi connectivity index (χ0) is 15.0. The Morgan fingerprint density at radius 3 is 2.81 bits per heavy atom. The first kappa shape index (κ1) is 13.9. The summed E-state index contributed by atoms with van der Waals surface area (Å²) in [4.78, 5) is 14.2. The molecular formula is C14H13ClN2O4. The van der Waals surface area contributed by atoms with Gasteiger partial charge in [-0.2, -0.15) is 0 Å². The average molecular weight is 309 g/mol.